The second-order valence-electron chi connectivity index (χ2n) is 4.86. The first-order chi connectivity index (χ1) is 8.49. The van der Waals surface area contributed by atoms with Gasteiger partial charge in [-0.2, -0.15) is 11.8 Å². The zero-order valence-corrected chi connectivity index (χ0v) is 12.1. The maximum Gasteiger partial charge on any atom is 0.234 e. The Morgan fingerprint density at radius 3 is 2.78 bits per heavy atom. The van der Waals surface area contributed by atoms with Crippen molar-refractivity contribution in [2.45, 2.75) is 27.2 Å². The zero-order valence-electron chi connectivity index (χ0n) is 11.3. The van der Waals surface area contributed by atoms with Gasteiger partial charge in [0, 0.05) is 11.4 Å². The number of carbonyl (C=O) groups is 1. The van der Waals surface area contributed by atoms with E-state index in [0.29, 0.717) is 11.7 Å². The first-order valence-electron chi connectivity index (χ1n) is 6.22. The lowest BCUT2D eigenvalue weighted by Gasteiger charge is -2.09. The van der Waals surface area contributed by atoms with Crippen molar-refractivity contribution < 1.29 is 4.79 Å². The van der Waals surface area contributed by atoms with Crippen LogP contribution in [0.5, 0.6) is 0 Å². The summed E-state index contributed by atoms with van der Waals surface area (Å²) < 4.78 is 0. The van der Waals surface area contributed by atoms with Gasteiger partial charge in [-0.1, -0.05) is 13.8 Å². The maximum atomic E-state index is 11.7. The Bertz CT molecular complexity index is 405. The third-order valence-corrected chi connectivity index (χ3v) is 3.59. The first kappa shape index (κ1) is 14.9. The Balaban J connectivity index is 2.35. The lowest BCUT2D eigenvalue weighted by molar-refractivity contribution is -0.113. The standard InChI is InChI=1S/C14H22N2OS/c1-10(2)6-7-18-9-14(17)16-13-5-4-12(15)8-11(13)3/h4-5,8,10H,6-7,9,15H2,1-3H3,(H,16,17). The summed E-state index contributed by atoms with van der Waals surface area (Å²) in [6, 6.07) is 5.51. The number of hydrogen-bond donors (Lipinski definition) is 2. The molecule has 1 aromatic rings. The van der Waals surface area contributed by atoms with Crippen molar-refractivity contribution >= 4 is 29.0 Å². The van der Waals surface area contributed by atoms with Crippen LogP contribution in [0.4, 0.5) is 11.4 Å². The van der Waals surface area contributed by atoms with Crippen LogP contribution in [0.25, 0.3) is 0 Å². The SMILES string of the molecule is Cc1cc(N)ccc1NC(=O)CSCCC(C)C. The molecule has 0 aliphatic carbocycles. The number of amides is 1. The van der Waals surface area contributed by atoms with Gasteiger partial charge in [-0.15, -0.1) is 0 Å². The number of carbonyl (C=O) groups excluding carboxylic acids is 1. The van der Waals surface area contributed by atoms with E-state index in [4.69, 9.17) is 5.73 Å². The minimum atomic E-state index is 0.0524. The lowest BCUT2D eigenvalue weighted by Crippen LogP contribution is -2.15. The van der Waals surface area contributed by atoms with Gasteiger partial charge in [0.25, 0.3) is 0 Å². The van der Waals surface area contributed by atoms with Crippen LogP contribution in [0.15, 0.2) is 18.2 Å². The minimum absolute atomic E-state index is 0.0524. The van der Waals surface area contributed by atoms with Gasteiger partial charge in [-0.05, 0) is 48.8 Å². The van der Waals surface area contributed by atoms with E-state index in [-0.39, 0.29) is 5.91 Å². The number of nitrogens with two attached hydrogens (primary N) is 1. The summed E-state index contributed by atoms with van der Waals surface area (Å²) in [5.74, 6) is 2.29. The number of rotatable bonds is 6. The van der Waals surface area contributed by atoms with Crippen LogP contribution in [0, 0.1) is 12.8 Å². The third kappa shape index (κ3) is 5.45. The van der Waals surface area contributed by atoms with E-state index in [2.05, 4.69) is 19.2 Å². The average molecular weight is 266 g/mol. The molecule has 0 atom stereocenters. The van der Waals surface area contributed by atoms with Crippen molar-refractivity contribution in [1.29, 1.82) is 0 Å². The number of nitrogens with one attached hydrogen (secondary N) is 1. The smallest absolute Gasteiger partial charge is 0.234 e. The number of anilines is 2. The van der Waals surface area contributed by atoms with E-state index in [1.54, 1.807) is 17.8 Å². The maximum absolute atomic E-state index is 11.7. The van der Waals surface area contributed by atoms with Crippen LogP contribution < -0.4 is 11.1 Å². The van der Waals surface area contributed by atoms with E-state index >= 15 is 0 Å². The van der Waals surface area contributed by atoms with Crippen molar-refractivity contribution in [2.24, 2.45) is 5.92 Å². The highest BCUT2D eigenvalue weighted by Crippen LogP contribution is 2.18. The van der Waals surface area contributed by atoms with E-state index in [1.165, 1.54) is 0 Å². The summed E-state index contributed by atoms with van der Waals surface area (Å²) >= 11 is 1.68. The second-order valence-corrected chi connectivity index (χ2v) is 5.96. The molecule has 0 unspecified atom stereocenters. The van der Waals surface area contributed by atoms with E-state index in [9.17, 15) is 4.79 Å². The molecule has 0 radical (unpaired) electrons. The molecule has 0 aliphatic heterocycles. The normalized spacial score (nSPS) is 10.7. The van der Waals surface area contributed by atoms with Gasteiger partial charge in [0.05, 0.1) is 5.75 Å². The zero-order chi connectivity index (χ0) is 13.5. The Hall–Kier alpha value is -1.16. The molecule has 0 aliphatic rings. The Morgan fingerprint density at radius 1 is 1.44 bits per heavy atom. The third-order valence-electron chi connectivity index (χ3n) is 2.60. The van der Waals surface area contributed by atoms with Crippen molar-refractivity contribution in [3.8, 4) is 0 Å². The topological polar surface area (TPSA) is 55.1 Å². The molecule has 3 nitrogen and oxygen atoms in total. The molecule has 1 aromatic carbocycles. The molecular weight excluding hydrogens is 244 g/mol. The lowest BCUT2D eigenvalue weighted by atomic mass is 10.2. The largest absolute Gasteiger partial charge is 0.399 e. The highest BCUT2D eigenvalue weighted by molar-refractivity contribution is 7.99. The summed E-state index contributed by atoms with van der Waals surface area (Å²) in [6.45, 7) is 6.33. The summed E-state index contributed by atoms with van der Waals surface area (Å²) in [5.41, 5.74) is 8.23. The predicted molar refractivity (Wildman–Crippen MR) is 81.0 cm³/mol. The number of aryl methyl sites for hydroxylation is 1. The second kappa shape index (κ2) is 7.31. The molecule has 0 heterocycles. The first-order valence-corrected chi connectivity index (χ1v) is 7.38. The molecule has 0 aromatic heterocycles. The monoisotopic (exact) mass is 266 g/mol. The highest BCUT2D eigenvalue weighted by atomic mass is 32.2. The van der Waals surface area contributed by atoms with Crippen molar-refractivity contribution in [1.82, 2.24) is 0 Å². The summed E-state index contributed by atoms with van der Waals surface area (Å²) in [7, 11) is 0. The van der Waals surface area contributed by atoms with Gasteiger partial charge in [-0.25, -0.2) is 0 Å². The van der Waals surface area contributed by atoms with Gasteiger partial charge in [-0.3, -0.25) is 4.79 Å². The quantitative estimate of drug-likeness (QED) is 0.613. The molecule has 1 rings (SSSR count). The number of nitrogen functional groups attached to an aromatic ring is 1. The highest BCUT2D eigenvalue weighted by Gasteiger charge is 2.05. The molecule has 4 heteroatoms. The van der Waals surface area contributed by atoms with E-state index in [1.807, 2.05) is 19.1 Å². The van der Waals surface area contributed by atoms with Crippen molar-refractivity contribution in [3.63, 3.8) is 0 Å². The number of thioether (sulfide) groups is 1. The van der Waals surface area contributed by atoms with Gasteiger partial charge in [0.2, 0.25) is 5.91 Å². The average Bonchev–Trinajstić information content (AvgIpc) is 2.28. The molecule has 0 saturated carbocycles. The fourth-order valence-electron chi connectivity index (χ4n) is 1.50. The summed E-state index contributed by atoms with van der Waals surface area (Å²) in [6.07, 6.45) is 1.15. The van der Waals surface area contributed by atoms with Crippen molar-refractivity contribution in [3.05, 3.63) is 23.8 Å². The van der Waals surface area contributed by atoms with Crippen LogP contribution in [0.3, 0.4) is 0 Å². The summed E-state index contributed by atoms with van der Waals surface area (Å²) in [5, 5.41) is 2.91. The van der Waals surface area contributed by atoms with Crippen LogP contribution in [0.2, 0.25) is 0 Å². The molecule has 1 amide bonds. The molecule has 18 heavy (non-hydrogen) atoms. The molecule has 100 valence electrons. The van der Waals surface area contributed by atoms with Crippen LogP contribution in [0.1, 0.15) is 25.8 Å². The number of hydrogen-bond acceptors (Lipinski definition) is 3. The fraction of sp³-hybridized carbons (Fsp3) is 0.500. The van der Waals surface area contributed by atoms with Crippen LogP contribution in [-0.4, -0.2) is 17.4 Å². The fourth-order valence-corrected chi connectivity index (χ4v) is 2.54. The molecule has 0 fully saturated rings. The Kier molecular flexibility index (Phi) is 6.05. The predicted octanol–water partition coefficient (Wildman–Crippen LogP) is 3.30. The molecular formula is C14H22N2OS. The van der Waals surface area contributed by atoms with Crippen LogP contribution >= 0.6 is 11.8 Å². The van der Waals surface area contributed by atoms with E-state index < -0.39 is 0 Å². The summed E-state index contributed by atoms with van der Waals surface area (Å²) in [4.78, 5) is 11.7. The van der Waals surface area contributed by atoms with E-state index in [0.717, 1.165) is 29.1 Å². The number of benzene rings is 1. The van der Waals surface area contributed by atoms with Gasteiger partial charge < -0.3 is 11.1 Å². The Morgan fingerprint density at radius 2 is 2.17 bits per heavy atom. The minimum Gasteiger partial charge on any atom is -0.399 e. The van der Waals surface area contributed by atoms with Crippen molar-refractivity contribution in [2.75, 3.05) is 22.6 Å². The molecule has 0 saturated heterocycles. The van der Waals surface area contributed by atoms with Crippen LogP contribution in [-0.2, 0) is 4.79 Å². The Labute approximate surface area is 114 Å². The van der Waals surface area contributed by atoms with Gasteiger partial charge in [0.1, 0.15) is 0 Å². The molecule has 0 bridgehead atoms. The molecule has 0 spiro atoms. The van der Waals surface area contributed by atoms with Gasteiger partial charge in [0.15, 0.2) is 0 Å². The molecule has 3 N–H and O–H groups in total. The van der Waals surface area contributed by atoms with Gasteiger partial charge >= 0.3 is 0 Å².